The van der Waals surface area contributed by atoms with E-state index in [0.29, 0.717) is 5.56 Å². The first-order valence-corrected chi connectivity index (χ1v) is 6.76. The Labute approximate surface area is 145 Å². The number of hydrogen-bond donors (Lipinski definition) is 1. The van der Waals surface area contributed by atoms with Gasteiger partial charge in [0.2, 0.25) is 0 Å². The third-order valence-corrected chi connectivity index (χ3v) is 3.39. The fourth-order valence-electron chi connectivity index (χ4n) is 1.47. The normalized spacial score (nSPS) is 10.0. The number of ketones is 1. The van der Waals surface area contributed by atoms with Gasteiger partial charge >= 0.3 is 6.09 Å². The molecule has 113 valence electrons. The summed E-state index contributed by atoms with van der Waals surface area (Å²) < 4.78 is 0. The minimum absolute atomic E-state index is 0. The largest absolute Gasteiger partial charge is 0.429 e. The van der Waals surface area contributed by atoms with Crippen molar-refractivity contribution in [2.45, 2.75) is 9.79 Å². The molecule has 5 nitrogen and oxygen atoms in total. The summed E-state index contributed by atoms with van der Waals surface area (Å²) in [6.07, 6.45) is 0.963. The van der Waals surface area contributed by atoms with E-state index in [0.717, 1.165) is 9.79 Å². The zero-order chi connectivity index (χ0) is 15.1. The summed E-state index contributed by atoms with van der Waals surface area (Å²) in [6, 6.07) is 16.8. The van der Waals surface area contributed by atoms with Gasteiger partial charge in [0.15, 0.2) is 0 Å². The van der Waals surface area contributed by atoms with Gasteiger partial charge < -0.3 is 15.4 Å². The average molecular weight is 486 g/mol. The first-order valence-electron chi connectivity index (χ1n) is 5.95. The van der Waals surface area contributed by atoms with Crippen molar-refractivity contribution in [1.82, 2.24) is 0 Å². The molecule has 0 saturated heterocycles. The Morgan fingerprint density at radius 2 is 1.59 bits per heavy atom. The summed E-state index contributed by atoms with van der Waals surface area (Å²) in [4.78, 5) is 28.1. The van der Waals surface area contributed by atoms with Crippen LogP contribution in [0.3, 0.4) is 0 Å². The van der Waals surface area contributed by atoms with Gasteiger partial charge in [-0.05, 0) is 12.1 Å². The van der Waals surface area contributed by atoms with Crippen LogP contribution in [0.1, 0.15) is 10.4 Å². The summed E-state index contributed by atoms with van der Waals surface area (Å²) in [6.45, 7) is 0. The van der Waals surface area contributed by atoms with Crippen molar-refractivity contribution in [2.24, 2.45) is 10.9 Å². The molecule has 0 atom stereocenters. The molecule has 1 amide bonds. The number of hydrogen-bond acceptors (Lipinski definition) is 5. The molecule has 0 aliphatic rings. The third kappa shape index (κ3) is 5.82. The number of nitrogens with zero attached hydrogens (tertiary/aromatic N) is 1. The Balaban J connectivity index is 0.00000242. The molecule has 7 heteroatoms. The van der Waals surface area contributed by atoms with E-state index in [1.54, 1.807) is 23.9 Å². The van der Waals surface area contributed by atoms with Crippen molar-refractivity contribution < 1.29 is 34.8 Å². The molecule has 2 rings (SSSR count). The van der Waals surface area contributed by atoms with Crippen LogP contribution < -0.4 is 5.73 Å². The molecule has 0 bridgehead atoms. The minimum atomic E-state index is -1.09. The van der Waals surface area contributed by atoms with Crippen LogP contribution >= 0.6 is 11.8 Å². The molecule has 22 heavy (non-hydrogen) atoms. The predicted octanol–water partition coefficient (Wildman–Crippen LogP) is 2.98. The third-order valence-electron chi connectivity index (χ3n) is 2.38. The Bertz CT molecular complexity index is 660. The molecule has 0 aliphatic heterocycles. The van der Waals surface area contributed by atoms with Crippen LogP contribution in [0.25, 0.3) is 0 Å². The van der Waals surface area contributed by atoms with E-state index in [4.69, 9.17) is 5.73 Å². The van der Waals surface area contributed by atoms with Gasteiger partial charge in [0.05, 0.1) is 0 Å². The van der Waals surface area contributed by atoms with E-state index in [1.165, 1.54) is 0 Å². The van der Waals surface area contributed by atoms with E-state index < -0.39 is 11.9 Å². The van der Waals surface area contributed by atoms with Crippen molar-refractivity contribution in [3.8, 4) is 0 Å². The van der Waals surface area contributed by atoms with Crippen molar-refractivity contribution in [3.63, 3.8) is 0 Å². The van der Waals surface area contributed by atoms with Gasteiger partial charge in [0, 0.05) is 36.0 Å². The zero-order valence-electron chi connectivity index (χ0n) is 11.2. The van der Waals surface area contributed by atoms with Crippen molar-refractivity contribution >= 4 is 29.9 Å². The zero-order valence-corrected chi connectivity index (χ0v) is 14.8. The van der Waals surface area contributed by atoms with Crippen LogP contribution in [0.2, 0.25) is 0 Å². The van der Waals surface area contributed by atoms with Crippen LogP contribution in [0.5, 0.6) is 0 Å². The molecule has 0 aromatic heterocycles. The van der Waals surface area contributed by atoms with E-state index in [9.17, 15) is 9.59 Å². The number of primary amides is 1. The van der Waals surface area contributed by atoms with Crippen molar-refractivity contribution in [3.05, 3.63) is 60.2 Å². The number of amides is 1. The topological polar surface area (TPSA) is 81.8 Å². The summed E-state index contributed by atoms with van der Waals surface area (Å²) in [5.41, 5.74) is 5.09. The molecule has 2 aromatic rings. The molecule has 0 aliphatic carbocycles. The maximum absolute atomic E-state index is 11.7. The summed E-state index contributed by atoms with van der Waals surface area (Å²) >= 11 is 1.59. The van der Waals surface area contributed by atoms with Crippen molar-refractivity contribution in [2.75, 3.05) is 0 Å². The number of carbonyl (C=O) groups excluding carboxylic acids is 2. The van der Waals surface area contributed by atoms with Gasteiger partial charge in [-0.1, -0.05) is 48.3 Å². The van der Waals surface area contributed by atoms with Gasteiger partial charge in [-0.2, -0.15) is 5.16 Å². The van der Waals surface area contributed by atoms with Crippen LogP contribution in [0, 0.1) is 0 Å². The maximum atomic E-state index is 11.7. The van der Waals surface area contributed by atoms with Crippen LogP contribution in [0.4, 0.5) is 4.79 Å². The second kappa shape index (κ2) is 9.16. The van der Waals surface area contributed by atoms with Gasteiger partial charge in [-0.15, -0.1) is 17.7 Å². The van der Waals surface area contributed by atoms with Gasteiger partial charge in [0.25, 0.3) is 0 Å². The second-order valence-corrected chi connectivity index (χ2v) is 5.03. The minimum Gasteiger partial charge on any atom is -0.333 e. The van der Waals surface area contributed by atoms with E-state index >= 15 is 0 Å². The smallest absolute Gasteiger partial charge is 0.333 e. The molecule has 1 radical (unpaired) electrons. The number of carbonyl (C=O) groups is 2. The molecule has 2 N–H and O–H groups in total. The van der Waals surface area contributed by atoms with Crippen LogP contribution in [-0.4, -0.2) is 18.1 Å². The summed E-state index contributed by atoms with van der Waals surface area (Å²) in [7, 11) is 0. The van der Waals surface area contributed by atoms with Gasteiger partial charge in [-0.3, -0.25) is 0 Å². The van der Waals surface area contributed by atoms with Crippen molar-refractivity contribution in [1.29, 1.82) is 0 Å². The monoisotopic (exact) mass is 486 g/mol. The Kier molecular flexibility index (Phi) is 7.54. The number of nitrogens with two attached hydrogens (primary N) is 1. The SMILES string of the molecule is NC(=O)ON=[C-]C(=O)c1ccc(Sc2ccccc2)cc1.[Re]. The molecular weight excluding hydrogens is 474 g/mol. The Morgan fingerprint density at radius 3 is 2.18 bits per heavy atom. The number of rotatable bonds is 5. The molecule has 0 spiro atoms. The fraction of sp³-hybridized carbons (Fsp3) is 0. The first kappa shape index (κ1) is 18.1. The number of Topliss-reactive ketones (excluding diaryl/α,β-unsaturated/α-hetero) is 1. The number of benzene rings is 2. The quantitative estimate of drug-likeness (QED) is 0.232. The molecule has 0 fully saturated rings. The predicted molar refractivity (Wildman–Crippen MR) is 79.4 cm³/mol. The van der Waals surface area contributed by atoms with E-state index in [1.807, 2.05) is 42.5 Å². The molecule has 2 aromatic carbocycles. The van der Waals surface area contributed by atoms with Gasteiger partial charge in [-0.25, -0.2) is 4.79 Å². The standard InChI is InChI=1S/C15H11N2O3S.Re/c16-15(19)20-17-10-14(18)11-6-8-13(9-7-11)21-12-4-2-1-3-5-12;/h1-9H,(H2,16,19);/q-1;. The second-order valence-electron chi connectivity index (χ2n) is 3.88. The summed E-state index contributed by atoms with van der Waals surface area (Å²) in [5.74, 6) is -0.493. The van der Waals surface area contributed by atoms with Gasteiger partial charge in [0.1, 0.15) is 0 Å². The Hall–Kier alpha value is -1.94. The van der Waals surface area contributed by atoms with E-state index in [-0.39, 0.29) is 20.4 Å². The molecular formula is C15H11N2O3ReS-. The molecule has 0 unspecified atom stereocenters. The van der Waals surface area contributed by atoms with E-state index in [2.05, 4.69) is 16.2 Å². The Morgan fingerprint density at radius 1 is 1.00 bits per heavy atom. The maximum Gasteiger partial charge on any atom is 0.429 e. The summed E-state index contributed by atoms with van der Waals surface area (Å²) in [5, 5.41) is 3.06. The fourth-order valence-corrected chi connectivity index (χ4v) is 2.31. The first-order chi connectivity index (χ1) is 10.1. The van der Waals surface area contributed by atoms with Crippen LogP contribution in [-0.2, 0) is 25.3 Å². The molecule has 0 heterocycles. The average Bonchev–Trinajstić information content (AvgIpc) is 2.48. The van der Waals surface area contributed by atoms with Crippen LogP contribution in [0.15, 0.2) is 69.5 Å². The molecule has 0 saturated carbocycles.